The fraction of sp³-hybridized carbons (Fsp3) is 0.556. The molecule has 1 aliphatic carbocycles. The predicted octanol–water partition coefficient (Wildman–Crippen LogP) is 2.60. The Morgan fingerprint density at radius 2 is 2.00 bits per heavy atom. The standard InChI is InChI=1S/C18H23F3N6O2S/c1-30(28,29)25-9-15-26-14-8-23-17-13(6-7-22-17)16(14)27(15)12-4-2-11(3-5-12)24-10-18(19,20)21/h6-8,11-12,24-25H,2-5,9-10H2,1H3,(H,22,23)/t11-,12-. The van der Waals surface area contributed by atoms with E-state index < -0.39 is 22.7 Å². The lowest BCUT2D eigenvalue weighted by Gasteiger charge is -2.31. The van der Waals surface area contributed by atoms with Crippen molar-refractivity contribution < 1.29 is 21.6 Å². The number of hydrogen-bond acceptors (Lipinski definition) is 5. The molecule has 12 heteroatoms. The third kappa shape index (κ3) is 4.60. The van der Waals surface area contributed by atoms with Crippen molar-refractivity contribution in [3.8, 4) is 0 Å². The topological polar surface area (TPSA) is 105 Å². The first-order chi connectivity index (χ1) is 14.1. The van der Waals surface area contributed by atoms with Gasteiger partial charge < -0.3 is 14.9 Å². The summed E-state index contributed by atoms with van der Waals surface area (Å²) >= 11 is 0. The van der Waals surface area contributed by atoms with Gasteiger partial charge in [0, 0.05) is 23.7 Å². The van der Waals surface area contributed by atoms with Gasteiger partial charge in [0.25, 0.3) is 0 Å². The van der Waals surface area contributed by atoms with E-state index in [4.69, 9.17) is 0 Å². The number of alkyl halides is 3. The van der Waals surface area contributed by atoms with Gasteiger partial charge in [0.15, 0.2) is 0 Å². The van der Waals surface area contributed by atoms with E-state index in [0.717, 1.165) is 17.2 Å². The largest absolute Gasteiger partial charge is 0.401 e. The average molecular weight is 444 g/mol. The second kappa shape index (κ2) is 7.82. The zero-order valence-electron chi connectivity index (χ0n) is 16.3. The molecule has 0 aliphatic heterocycles. The highest BCUT2D eigenvalue weighted by molar-refractivity contribution is 7.88. The van der Waals surface area contributed by atoms with E-state index in [1.54, 1.807) is 12.4 Å². The molecule has 8 nitrogen and oxygen atoms in total. The monoisotopic (exact) mass is 444 g/mol. The SMILES string of the molecule is CS(=O)(=O)NCc1nc2cnc3[nH]ccc3c2n1[C@H]1CC[C@H](NCC(F)(F)F)CC1. The van der Waals surface area contributed by atoms with Gasteiger partial charge in [0.05, 0.1) is 31.1 Å². The van der Waals surface area contributed by atoms with Gasteiger partial charge in [0.2, 0.25) is 10.0 Å². The maximum absolute atomic E-state index is 12.5. The molecule has 1 aliphatic rings. The molecule has 3 aromatic rings. The van der Waals surface area contributed by atoms with Crippen LogP contribution in [0.5, 0.6) is 0 Å². The van der Waals surface area contributed by atoms with Crippen LogP contribution in [0.3, 0.4) is 0 Å². The Morgan fingerprint density at radius 3 is 2.67 bits per heavy atom. The Labute approximate surface area is 171 Å². The summed E-state index contributed by atoms with van der Waals surface area (Å²) in [5.74, 6) is 0.567. The quantitative estimate of drug-likeness (QED) is 0.542. The summed E-state index contributed by atoms with van der Waals surface area (Å²) in [7, 11) is -3.41. The van der Waals surface area contributed by atoms with E-state index in [1.165, 1.54) is 0 Å². The molecule has 0 radical (unpaired) electrons. The fourth-order valence-electron chi connectivity index (χ4n) is 4.15. The number of sulfonamides is 1. The lowest BCUT2D eigenvalue weighted by atomic mass is 9.90. The maximum atomic E-state index is 12.5. The number of pyridine rings is 1. The Hall–Kier alpha value is -2.18. The van der Waals surface area contributed by atoms with Crippen LogP contribution in [-0.2, 0) is 16.6 Å². The summed E-state index contributed by atoms with van der Waals surface area (Å²) in [5.41, 5.74) is 2.22. The van der Waals surface area contributed by atoms with Crippen LogP contribution in [-0.4, -0.2) is 53.0 Å². The van der Waals surface area contributed by atoms with Crippen molar-refractivity contribution in [3.05, 3.63) is 24.3 Å². The van der Waals surface area contributed by atoms with Gasteiger partial charge in [-0.3, -0.25) is 0 Å². The van der Waals surface area contributed by atoms with Gasteiger partial charge in [0.1, 0.15) is 17.0 Å². The third-order valence-corrected chi connectivity index (χ3v) is 6.12. The Balaban J connectivity index is 1.64. The molecule has 0 spiro atoms. The van der Waals surface area contributed by atoms with Crippen molar-refractivity contribution in [3.63, 3.8) is 0 Å². The fourth-order valence-corrected chi connectivity index (χ4v) is 4.54. The minimum atomic E-state index is -4.23. The molecule has 0 aromatic carbocycles. The van der Waals surface area contributed by atoms with Crippen LogP contribution in [0, 0.1) is 0 Å². The molecule has 1 fully saturated rings. The number of aromatic nitrogens is 4. The molecule has 164 valence electrons. The van der Waals surface area contributed by atoms with Crippen molar-refractivity contribution in [1.29, 1.82) is 0 Å². The van der Waals surface area contributed by atoms with Gasteiger partial charge in [-0.1, -0.05) is 0 Å². The molecule has 3 N–H and O–H groups in total. The van der Waals surface area contributed by atoms with E-state index in [9.17, 15) is 21.6 Å². The second-order valence-corrected chi connectivity index (χ2v) is 9.56. The van der Waals surface area contributed by atoms with Crippen LogP contribution in [0.25, 0.3) is 22.1 Å². The van der Waals surface area contributed by atoms with Crippen LogP contribution >= 0.6 is 0 Å². The first kappa shape index (κ1) is 21.1. The van der Waals surface area contributed by atoms with E-state index in [1.807, 2.05) is 10.6 Å². The molecule has 0 unspecified atom stereocenters. The molecule has 0 amide bonds. The molecular weight excluding hydrogens is 421 g/mol. The zero-order valence-corrected chi connectivity index (χ0v) is 17.1. The Kier molecular flexibility index (Phi) is 5.49. The summed E-state index contributed by atoms with van der Waals surface area (Å²) < 4.78 is 65.2. The van der Waals surface area contributed by atoms with Crippen LogP contribution in [0.2, 0.25) is 0 Å². The van der Waals surface area contributed by atoms with Crippen molar-refractivity contribution >= 4 is 32.1 Å². The molecule has 1 saturated carbocycles. The zero-order chi connectivity index (χ0) is 21.5. The number of halogens is 3. The normalized spacial score (nSPS) is 20.9. The lowest BCUT2D eigenvalue weighted by molar-refractivity contribution is -0.126. The smallest absolute Gasteiger partial charge is 0.346 e. The molecular formula is C18H23F3N6O2S. The van der Waals surface area contributed by atoms with Crippen molar-refractivity contribution in [2.75, 3.05) is 12.8 Å². The van der Waals surface area contributed by atoms with Gasteiger partial charge in [-0.05, 0) is 31.7 Å². The number of aromatic amines is 1. The summed E-state index contributed by atoms with van der Waals surface area (Å²) in [5, 5.41) is 3.47. The Bertz CT molecular complexity index is 1150. The highest BCUT2D eigenvalue weighted by Crippen LogP contribution is 2.35. The molecule has 0 saturated heterocycles. The summed E-state index contributed by atoms with van der Waals surface area (Å²) in [4.78, 5) is 12.0. The number of H-pyrrole nitrogens is 1. The maximum Gasteiger partial charge on any atom is 0.401 e. The predicted molar refractivity (Wildman–Crippen MR) is 106 cm³/mol. The molecule has 3 aromatic heterocycles. The third-order valence-electron chi connectivity index (χ3n) is 5.45. The number of hydrogen-bond donors (Lipinski definition) is 3. The van der Waals surface area contributed by atoms with Crippen LogP contribution in [0.4, 0.5) is 13.2 Å². The average Bonchev–Trinajstić information content (AvgIpc) is 3.27. The number of nitrogens with one attached hydrogen (secondary N) is 3. The van der Waals surface area contributed by atoms with E-state index >= 15 is 0 Å². The van der Waals surface area contributed by atoms with Gasteiger partial charge >= 0.3 is 6.18 Å². The first-order valence-corrected chi connectivity index (χ1v) is 11.6. The molecule has 30 heavy (non-hydrogen) atoms. The number of imidazole rings is 1. The molecule has 0 bridgehead atoms. The van der Waals surface area contributed by atoms with Crippen LogP contribution in [0.15, 0.2) is 18.5 Å². The number of nitrogens with zero attached hydrogens (tertiary/aromatic N) is 3. The highest BCUT2D eigenvalue weighted by Gasteiger charge is 2.31. The van der Waals surface area contributed by atoms with Crippen LogP contribution in [0.1, 0.15) is 37.5 Å². The first-order valence-electron chi connectivity index (χ1n) is 9.68. The minimum absolute atomic E-state index is 0.01000. The van der Waals surface area contributed by atoms with Crippen molar-refractivity contribution in [1.82, 2.24) is 29.6 Å². The van der Waals surface area contributed by atoms with Gasteiger partial charge in [-0.2, -0.15) is 13.2 Å². The highest BCUT2D eigenvalue weighted by atomic mass is 32.2. The van der Waals surface area contributed by atoms with E-state index in [2.05, 4.69) is 25.0 Å². The number of fused-ring (bicyclic) bond motifs is 3. The molecule has 3 heterocycles. The summed E-state index contributed by atoms with van der Waals surface area (Å²) in [6.45, 7) is -0.957. The van der Waals surface area contributed by atoms with Crippen molar-refractivity contribution in [2.45, 2.75) is 50.5 Å². The van der Waals surface area contributed by atoms with Crippen LogP contribution < -0.4 is 10.0 Å². The molecule has 0 atom stereocenters. The van der Waals surface area contributed by atoms with E-state index in [0.29, 0.717) is 42.7 Å². The Morgan fingerprint density at radius 1 is 1.27 bits per heavy atom. The van der Waals surface area contributed by atoms with E-state index in [-0.39, 0.29) is 18.6 Å². The van der Waals surface area contributed by atoms with Gasteiger partial charge in [-0.25, -0.2) is 23.1 Å². The number of rotatable bonds is 6. The molecule has 4 rings (SSSR count). The second-order valence-electron chi connectivity index (χ2n) is 7.72. The minimum Gasteiger partial charge on any atom is -0.346 e. The van der Waals surface area contributed by atoms with Crippen molar-refractivity contribution in [2.24, 2.45) is 0 Å². The summed E-state index contributed by atoms with van der Waals surface area (Å²) in [6, 6.07) is 1.72. The summed E-state index contributed by atoms with van der Waals surface area (Å²) in [6.07, 6.45) is 2.81. The van der Waals surface area contributed by atoms with Gasteiger partial charge in [-0.15, -0.1) is 0 Å². The lowest BCUT2D eigenvalue weighted by Crippen LogP contribution is -2.39.